The smallest absolute Gasteiger partial charge is 0.264 e. The van der Waals surface area contributed by atoms with Gasteiger partial charge in [0.15, 0.2) is 0 Å². The Labute approximate surface area is 137 Å². The van der Waals surface area contributed by atoms with Gasteiger partial charge in [-0.15, -0.1) is 0 Å². The summed E-state index contributed by atoms with van der Waals surface area (Å²) >= 11 is 0. The fourth-order valence-corrected chi connectivity index (χ4v) is 3.98. The van der Waals surface area contributed by atoms with Crippen molar-refractivity contribution in [3.63, 3.8) is 0 Å². The van der Waals surface area contributed by atoms with Crippen LogP contribution in [0, 0.1) is 13.8 Å². The summed E-state index contributed by atoms with van der Waals surface area (Å²) in [6.45, 7) is 3.92. The third kappa shape index (κ3) is 2.70. The summed E-state index contributed by atoms with van der Waals surface area (Å²) in [5.41, 5.74) is 2.75. The van der Waals surface area contributed by atoms with Crippen LogP contribution in [0.5, 0.6) is 0 Å². The van der Waals surface area contributed by atoms with Gasteiger partial charge in [-0.1, -0.05) is 42.5 Å². The molecule has 0 heterocycles. The Hall–Kier alpha value is -2.33. The van der Waals surface area contributed by atoms with Crippen LogP contribution in [0.1, 0.15) is 11.1 Å². The molecule has 0 radical (unpaired) electrons. The van der Waals surface area contributed by atoms with Crippen LogP contribution < -0.4 is 4.31 Å². The quantitative estimate of drug-likeness (QED) is 0.721. The Morgan fingerprint density at radius 1 is 0.826 bits per heavy atom. The molecule has 4 heteroatoms. The zero-order valence-electron chi connectivity index (χ0n) is 13.4. The van der Waals surface area contributed by atoms with Crippen LogP contribution in [-0.2, 0) is 10.0 Å². The highest BCUT2D eigenvalue weighted by molar-refractivity contribution is 7.92. The van der Waals surface area contributed by atoms with Crippen molar-refractivity contribution in [1.29, 1.82) is 0 Å². The molecule has 0 atom stereocenters. The molecule has 0 bridgehead atoms. The molecule has 3 rings (SSSR count). The van der Waals surface area contributed by atoms with Crippen LogP contribution >= 0.6 is 0 Å². The number of rotatable bonds is 3. The molecule has 0 unspecified atom stereocenters. The van der Waals surface area contributed by atoms with Crippen molar-refractivity contribution in [2.75, 3.05) is 11.4 Å². The number of nitrogens with zero attached hydrogens (tertiary/aromatic N) is 1. The topological polar surface area (TPSA) is 37.4 Å². The monoisotopic (exact) mass is 325 g/mol. The van der Waals surface area contributed by atoms with E-state index in [1.165, 1.54) is 4.31 Å². The van der Waals surface area contributed by atoms with Crippen molar-refractivity contribution in [3.05, 3.63) is 71.8 Å². The van der Waals surface area contributed by atoms with Crippen molar-refractivity contribution in [1.82, 2.24) is 0 Å². The standard InChI is InChI=1S/C19H19NO2S/c1-14-7-6-10-19(15(14)2)20(3)23(21,22)18-12-11-16-8-4-5-9-17(16)13-18/h4-13H,1-3H3. The van der Waals surface area contributed by atoms with Gasteiger partial charge in [0.2, 0.25) is 0 Å². The lowest BCUT2D eigenvalue weighted by Gasteiger charge is -2.22. The van der Waals surface area contributed by atoms with E-state index in [0.717, 1.165) is 21.9 Å². The van der Waals surface area contributed by atoms with Gasteiger partial charge in [0.1, 0.15) is 0 Å². The van der Waals surface area contributed by atoms with Gasteiger partial charge in [-0.2, -0.15) is 0 Å². The summed E-state index contributed by atoms with van der Waals surface area (Å²) in [6, 6.07) is 18.7. The second-order valence-electron chi connectivity index (χ2n) is 5.70. The van der Waals surface area contributed by atoms with E-state index >= 15 is 0 Å². The van der Waals surface area contributed by atoms with E-state index in [9.17, 15) is 8.42 Å². The summed E-state index contributed by atoms with van der Waals surface area (Å²) in [6.07, 6.45) is 0. The predicted octanol–water partition coefficient (Wildman–Crippen LogP) is 4.28. The van der Waals surface area contributed by atoms with Gasteiger partial charge < -0.3 is 0 Å². The average molecular weight is 325 g/mol. The fourth-order valence-electron chi connectivity index (χ4n) is 2.69. The van der Waals surface area contributed by atoms with Crippen molar-refractivity contribution >= 4 is 26.5 Å². The maximum Gasteiger partial charge on any atom is 0.264 e. The number of fused-ring (bicyclic) bond motifs is 1. The highest BCUT2D eigenvalue weighted by Gasteiger charge is 2.23. The molecular formula is C19H19NO2S. The first kappa shape index (κ1) is 15.6. The lowest BCUT2D eigenvalue weighted by atomic mass is 10.1. The van der Waals surface area contributed by atoms with E-state index < -0.39 is 10.0 Å². The predicted molar refractivity (Wildman–Crippen MR) is 95.5 cm³/mol. The lowest BCUT2D eigenvalue weighted by Crippen LogP contribution is -2.27. The molecule has 0 N–H and O–H groups in total. The first-order valence-electron chi connectivity index (χ1n) is 7.45. The maximum atomic E-state index is 13.0. The van der Waals surface area contributed by atoms with Crippen molar-refractivity contribution in [3.8, 4) is 0 Å². The Morgan fingerprint density at radius 2 is 1.52 bits per heavy atom. The summed E-state index contributed by atoms with van der Waals surface area (Å²) in [4.78, 5) is 0.305. The number of hydrogen-bond donors (Lipinski definition) is 0. The van der Waals surface area contributed by atoms with Crippen molar-refractivity contribution < 1.29 is 8.42 Å². The van der Waals surface area contributed by atoms with E-state index in [0.29, 0.717) is 10.6 Å². The molecule has 3 nitrogen and oxygen atoms in total. The molecule has 0 spiro atoms. The highest BCUT2D eigenvalue weighted by Crippen LogP contribution is 2.28. The average Bonchev–Trinajstić information content (AvgIpc) is 2.56. The van der Waals surface area contributed by atoms with Crippen LogP contribution in [0.25, 0.3) is 10.8 Å². The third-order valence-corrected chi connectivity index (χ3v) is 6.06. The van der Waals surface area contributed by atoms with E-state index in [2.05, 4.69) is 0 Å². The molecule has 23 heavy (non-hydrogen) atoms. The Morgan fingerprint density at radius 3 is 2.26 bits per heavy atom. The zero-order chi connectivity index (χ0) is 16.6. The van der Waals surface area contributed by atoms with E-state index in [1.54, 1.807) is 19.2 Å². The minimum Gasteiger partial charge on any atom is -0.269 e. The van der Waals surface area contributed by atoms with Crippen LogP contribution in [0.15, 0.2) is 65.6 Å². The molecule has 3 aromatic carbocycles. The van der Waals surface area contributed by atoms with Gasteiger partial charge in [-0.25, -0.2) is 8.42 Å². The zero-order valence-corrected chi connectivity index (χ0v) is 14.3. The first-order chi connectivity index (χ1) is 10.9. The molecule has 0 saturated carbocycles. The van der Waals surface area contributed by atoms with Crippen molar-refractivity contribution in [2.45, 2.75) is 18.7 Å². The molecule has 118 valence electrons. The minimum absolute atomic E-state index is 0.305. The SMILES string of the molecule is Cc1cccc(N(C)S(=O)(=O)c2ccc3ccccc3c2)c1C. The highest BCUT2D eigenvalue weighted by atomic mass is 32.2. The van der Waals surface area contributed by atoms with Crippen molar-refractivity contribution in [2.24, 2.45) is 0 Å². The summed E-state index contributed by atoms with van der Waals surface area (Å²) < 4.78 is 27.3. The first-order valence-corrected chi connectivity index (χ1v) is 8.89. The fraction of sp³-hybridized carbons (Fsp3) is 0.158. The Bertz CT molecular complexity index is 978. The summed E-state index contributed by atoms with van der Waals surface area (Å²) in [5, 5.41) is 1.95. The van der Waals surface area contributed by atoms with E-state index in [1.807, 2.05) is 62.4 Å². The Balaban J connectivity index is 2.10. The summed E-state index contributed by atoms with van der Waals surface area (Å²) in [5.74, 6) is 0. The molecule has 3 aromatic rings. The van der Waals surface area contributed by atoms with E-state index in [-0.39, 0.29) is 0 Å². The molecule has 0 amide bonds. The van der Waals surface area contributed by atoms with Gasteiger partial charge in [-0.3, -0.25) is 4.31 Å². The minimum atomic E-state index is -3.59. The number of anilines is 1. The van der Waals surface area contributed by atoms with Crippen LogP contribution in [0.3, 0.4) is 0 Å². The molecule has 0 saturated heterocycles. The number of benzene rings is 3. The van der Waals surface area contributed by atoms with Gasteiger partial charge in [-0.05, 0) is 53.9 Å². The summed E-state index contributed by atoms with van der Waals surface area (Å²) in [7, 11) is -1.99. The molecule has 0 aliphatic rings. The number of hydrogen-bond acceptors (Lipinski definition) is 2. The molecule has 0 aliphatic carbocycles. The molecule has 0 fully saturated rings. The Kier molecular flexibility index (Phi) is 3.86. The van der Waals surface area contributed by atoms with Crippen LogP contribution in [0.2, 0.25) is 0 Å². The van der Waals surface area contributed by atoms with Gasteiger partial charge >= 0.3 is 0 Å². The van der Waals surface area contributed by atoms with Gasteiger partial charge in [0.05, 0.1) is 10.6 Å². The van der Waals surface area contributed by atoms with E-state index in [4.69, 9.17) is 0 Å². The maximum absolute atomic E-state index is 13.0. The second-order valence-corrected chi connectivity index (χ2v) is 7.67. The van der Waals surface area contributed by atoms with Crippen LogP contribution in [0.4, 0.5) is 5.69 Å². The molecule has 0 aromatic heterocycles. The van der Waals surface area contributed by atoms with Gasteiger partial charge in [0, 0.05) is 7.05 Å². The number of sulfonamides is 1. The second kappa shape index (κ2) is 5.70. The van der Waals surface area contributed by atoms with Gasteiger partial charge in [0.25, 0.3) is 10.0 Å². The largest absolute Gasteiger partial charge is 0.269 e. The third-order valence-electron chi connectivity index (χ3n) is 4.29. The molecule has 0 aliphatic heterocycles. The lowest BCUT2D eigenvalue weighted by molar-refractivity contribution is 0.594. The van der Waals surface area contributed by atoms with Crippen LogP contribution in [-0.4, -0.2) is 15.5 Å². The number of aryl methyl sites for hydroxylation is 1. The molecular weight excluding hydrogens is 306 g/mol. The normalized spacial score (nSPS) is 11.6.